The molecule has 0 bridgehead atoms. The summed E-state index contributed by atoms with van der Waals surface area (Å²) in [5, 5.41) is 0. The van der Waals surface area contributed by atoms with Crippen LogP contribution in [0.2, 0.25) is 0 Å². The van der Waals surface area contributed by atoms with Gasteiger partial charge in [0.15, 0.2) is 9.79 Å². The first kappa shape index (κ1) is 14.7. The highest BCUT2D eigenvalue weighted by atomic mass is 32.2. The lowest BCUT2D eigenvalue weighted by Gasteiger charge is -2.09. The second kappa shape index (κ2) is 7.19. The van der Waals surface area contributed by atoms with E-state index < -0.39 is 0 Å². The van der Waals surface area contributed by atoms with Crippen molar-refractivity contribution in [3.63, 3.8) is 0 Å². The highest BCUT2D eigenvalue weighted by Gasteiger charge is 2.25. The number of ether oxygens (including phenoxy) is 1. The van der Waals surface area contributed by atoms with Gasteiger partial charge in [-0.15, -0.1) is 0 Å². The van der Waals surface area contributed by atoms with E-state index in [0.717, 1.165) is 11.5 Å². The van der Waals surface area contributed by atoms with Crippen LogP contribution in [-0.2, 0) is 16.6 Å². The Morgan fingerprint density at radius 3 is 1.64 bits per heavy atom. The largest absolute Gasteiger partial charge is 0.497 e. The van der Waals surface area contributed by atoms with Gasteiger partial charge >= 0.3 is 0 Å². The van der Waals surface area contributed by atoms with Crippen molar-refractivity contribution < 1.29 is 4.74 Å². The molecule has 3 rings (SSSR count). The van der Waals surface area contributed by atoms with E-state index in [9.17, 15) is 0 Å². The second-order valence-corrected chi connectivity index (χ2v) is 7.02. The highest BCUT2D eigenvalue weighted by Crippen LogP contribution is 2.27. The number of methoxy groups -OCH3 is 1. The summed E-state index contributed by atoms with van der Waals surface area (Å²) in [5.41, 5.74) is 1.33. The van der Waals surface area contributed by atoms with Crippen LogP contribution < -0.4 is 4.74 Å². The molecule has 22 heavy (non-hydrogen) atoms. The minimum Gasteiger partial charge on any atom is -0.497 e. The standard InChI is InChI=1S/C20H19OS/c1-21-18-14-12-17(13-15-18)16-22(19-8-4-2-5-9-19)20-10-6-3-7-11-20/h2-15H,16H2,1H3/q+1. The molecule has 0 saturated heterocycles. The highest BCUT2D eigenvalue weighted by molar-refractivity contribution is 7.96. The number of rotatable bonds is 5. The molecule has 110 valence electrons. The van der Waals surface area contributed by atoms with E-state index in [2.05, 4.69) is 72.8 Å². The summed E-state index contributed by atoms with van der Waals surface area (Å²) in [6.45, 7) is 0. The molecule has 3 aromatic carbocycles. The van der Waals surface area contributed by atoms with Crippen LogP contribution in [0.1, 0.15) is 5.56 Å². The zero-order valence-electron chi connectivity index (χ0n) is 12.6. The summed E-state index contributed by atoms with van der Waals surface area (Å²) < 4.78 is 5.25. The quantitative estimate of drug-likeness (QED) is 0.607. The van der Waals surface area contributed by atoms with Crippen LogP contribution >= 0.6 is 0 Å². The fourth-order valence-corrected chi connectivity index (χ4v) is 4.46. The van der Waals surface area contributed by atoms with Crippen molar-refractivity contribution in [3.05, 3.63) is 90.5 Å². The molecule has 0 aliphatic rings. The van der Waals surface area contributed by atoms with Gasteiger partial charge in [0.25, 0.3) is 0 Å². The number of hydrogen-bond acceptors (Lipinski definition) is 1. The van der Waals surface area contributed by atoms with Gasteiger partial charge in [0.05, 0.1) is 18.0 Å². The molecule has 0 radical (unpaired) electrons. The summed E-state index contributed by atoms with van der Waals surface area (Å²) in [6.07, 6.45) is 0. The Bertz CT molecular complexity index is 653. The van der Waals surface area contributed by atoms with Crippen LogP contribution in [-0.4, -0.2) is 7.11 Å². The van der Waals surface area contributed by atoms with Gasteiger partial charge < -0.3 is 4.74 Å². The summed E-state index contributed by atoms with van der Waals surface area (Å²) in [5.74, 6) is 1.92. The molecule has 1 nitrogen and oxygen atoms in total. The van der Waals surface area contributed by atoms with Crippen molar-refractivity contribution in [1.82, 2.24) is 0 Å². The first-order valence-corrected chi connectivity index (χ1v) is 8.70. The fraction of sp³-hybridized carbons (Fsp3) is 0.100. The van der Waals surface area contributed by atoms with Gasteiger partial charge in [-0.2, -0.15) is 0 Å². The van der Waals surface area contributed by atoms with Crippen LogP contribution in [0.3, 0.4) is 0 Å². The molecule has 0 aliphatic heterocycles. The molecule has 0 amide bonds. The monoisotopic (exact) mass is 307 g/mol. The van der Waals surface area contributed by atoms with E-state index in [1.165, 1.54) is 15.4 Å². The van der Waals surface area contributed by atoms with E-state index in [-0.39, 0.29) is 10.9 Å². The Morgan fingerprint density at radius 1 is 0.682 bits per heavy atom. The molecule has 2 heteroatoms. The SMILES string of the molecule is COc1ccc(C[S+](c2ccccc2)c2ccccc2)cc1. The zero-order chi connectivity index (χ0) is 15.2. The van der Waals surface area contributed by atoms with Crippen molar-refractivity contribution in [2.24, 2.45) is 0 Å². The maximum atomic E-state index is 5.25. The molecular formula is C20H19OS+. The number of hydrogen-bond donors (Lipinski definition) is 0. The summed E-state index contributed by atoms with van der Waals surface area (Å²) in [7, 11) is 1.75. The molecular weight excluding hydrogens is 288 g/mol. The molecule has 0 fully saturated rings. The van der Waals surface area contributed by atoms with Crippen LogP contribution in [0.4, 0.5) is 0 Å². The Balaban J connectivity index is 1.91. The van der Waals surface area contributed by atoms with Crippen molar-refractivity contribution in [3.8, 4) is 5.75 Å². The van der Waals surface area contributed by atoms with E-state index in [1.54, 1.807) is 7.11 Å². The second-order valence-electron chi connectivity index (χ2n) is 5.01. The zero-order valence-corrected chi connectivity index (χ0v) is 13.4. The van der Waals surface area contributed by atoms with Crippen LogP contribution in [0.5, 0.6) is 5.75 Å². The molecule has 0 saturated carbocycles. The lowest BCUT2D eigenvalue weighted by Crippen LogP contribution is -2.07. The summed E-state index contributed by atoms with van der Waals surface area (Å²) >= 11 is 0. The fourth-order valence-electron chi connectivity index (χ4n) is 2.36. The van der Waals surface area contributed by atoms with Gasteiger partial charge in [-0.3, -0.25) is 0 Å². The van der Waals surface area contributed by atoms with E-state index in [1.807, 2.05) is 12.1 Å². The predicted molar refractivity (Wildman–Crippen MR) is 93.5 cm³/mol. The minimum atomic E-state index is 0.0484. The van der Waals surface area contributed by atoms with Gasteiger partial charge in [0.2, 0.25) is 0 Å². The minimum absolute atomic E-state index is 0.0484. The van der Waals surface area contributed by atoms with Gasteiger partial charge in [0.1, 0.15) is 11.5 Å². The lowest BCUT2D eigenvalue weighted by atomic mass is 10.2. The smallest absolute Gasteiger partial charge is 0.161 e. The number of benzene rings is 3. The van der Waals surface area contributed by atoms with E-state index >= 15 is 0 Å². The maximum Gasteiger partial charge on any atom is 0.161 e. The average Bonchev–Trinajstić information content (AvgIpc) is 2.62. The third-order valence-electron chi connectivity index (χ3n) is 3.53. The summed E-state index contributed by atoms with van der Waals surface area (Å²) in [6, 6.07) is 29.9. The molecule has 0 heterocycles. The molecule has 0 N–H and O–H groups in total. The van der Waals surface area contributed by atoms with Crippen LogP contribution in [0.25, 0.3) is 0 Å². The van der Waals surface area contributed by atoms with Crippen molar-refractivity contribution >= 4 is 10.9 Å². The van der Waals surface area contributed by atoms with Gasteiger partial charge in [-0.1, -0.05) is 48.5 Å². The molecule has 0 aromatic heterocycles. The lowest BCUT2D eigenvalue weighted by molar-refractivity contribution is 0.414. The molecule has 0 unspecified atom stereocenters. The van der Waals surface area contributed by atoms with Gasteiger partial charge in [0, 0.05) is 5.56 Å². The van der Waals surface area contributed by atoms with E-state index in [0.29, 0.717) is 0 Å². The average molecular weight is 307 g/mol. The van der Waals surface area contributed by atoms with Crippen LogP contribution in [0.15, 0.2) is 94.7 Å². The first-order valence-electron chi connectivity index (χ1n) is 7.31. The molecule has 0 atom stereocenters. The third-order valence-corrected chi connectivity index (χ3v) is 5.83. The first-order chi connectivity index (χ1) is 10.9. The molecule has 0 aliphatic carbocycles. The van der Waals surface area contributed by atoms with E-state index in [4.69, 9.17) is 4.74 Å². The van der Waals surface area contributed by atoms with Crippen molar-refractivity contribution in [1.29, 1.82) is 0 Å². The van der Waals surface area contributed by atoms with Gasteiger partial charge in [-0.05, 0) is 36.4 Å². The molecule has 3 aromatic rings. The Hall–Kier alpha value is -2.19. The van der Waals surface area contributed by atoms with Crippen molar-refractivity contribution in [2.45, 2.75) is 15.5 Å². The topological polar surface area (TPSA) is 9.23 Å². The predicted octanol–water partition coefficient (Wildman–Crippen LogP) is 4.93. The Kier molecular flexibility index (Phi) is 4.81. The maximum absolute atomic E-state index is 5.25. The Labute approximate surface area is 134 Å². The van der Waals surface area contributed by atoms with Crippen molar-refractivity contribution in [2.75, 3.05) is 7.11 Å². The van der Waals surface area contributed by atoms with Crippen LogP contribution in [0, 0.1) is 0 Å². The Morgan fingerprint density at radius 2 is 1.18 bits per heavy atom. The summed E-state index contributed by atoms with van der Waals surface area (Å²) in [4.78, 5) is 2.76. The molecule has 0 spiro atoms. The third kappa shape index (κ3) is 3.52. The normalized spacial score (nSPS) is 10.6. The van der Waals surface area contributed by atoms with Gasteiger partial charge in [-0.25, -0.2) is 0 Å².